The number of piperidine rings is 1. The summed E-state index contributed by atoms with van der Waals surface area (Å²) < 4.78 is 0. The predicted molar refractivity (Wildman–Crippen MR) is 53.6 cm³/mol. The number of hydrogen-bond donors (Lipinski definition) is 1. The van der Waals surface area contributed by atoms with Crippen LogP contribution >= 0.6 is 0 Å². The van der Waals surface area contributed by atoms with Crippen LogP contribution in [0.2, 0.25) is 0 Å². The van der Waals surface area contributed by atoms with E-state index in [2.05, 4.69) is 11.9 Å². The number of nitrogens with zero attached hydrogens (tertiary/aromatic N) is 1. The molecule has 1 atom stereocenters. The molecule has 1 rings (SSSR count). The van der Waals surface area contributed by atoms with Crippen molar-refractivity contribution in [2.45, 2.75) is 19.3 Å². The second kappa shape index (κ2) is 5.10. The highest BCUT2D eigenvalue weighted by Gasteiger charge is 2.28. The molecule has 4 nitrogen and oxygen atoms in total. The maximum atomic E-state index is 11.1. The van der Waals surface area contributed by atoms with Gasteiger partial charge >= 0.3 is 0 Å². The molecule has 2 N–H and O–H groups in total. The SMILES string of the molecule is CN1CCC(C(CC=O)C(N)=O)CC1. The van der Waals surface area contributed by atoms with Gasteiger partial charge in [0.2, 0.25) is 5.91 Å². The predicted octanol–water partition coefficient (Wildman–Crippen LogP) is 0.0187. The van der Waals surface area contributed by atoms with E-state index in [-0.39, 0.29) is 18.2 Å². The highest BCUT2D eigenvalue weighted by molar-refractivity contribution is 5.79. The quantitative estimate of drug-likeness (QED) is 0.648. The summed E-state index contributed by atoms with van der Waals surface area (Å²) in [6.45, 7) is 1.99. The van der Waals surface area contributed by atoms with Gasteiger partial charge in [-0.1, -0.05) is 0 Å². The largest absolute Gasteiger partial charge is 0.369 e. The van der Waals surface area contributed by atoms with Gasteiger partial charge in [-0.3, -0.25) is 4.79 Å². The highest BCUT2D eigenvalue weighted by Crippen LogP contribution is 2.25. The lowest BCUT2D eigenvalue weighted by atomic mass is 9.82. The first-order chi connectivity index (χ1) is 6.65. The van der Waals surface area contributed by atoms with Gasteiger partial charge in [-0.25, -0.2) is 0 Å². The molecule has 0 radical (unpaired) electrons. The molecule has 1 aliphatic rings. The van der Waals surface area contributed by atoms with Crippen molar-refractivity contribution >= 4 is 12.2 Å². The summed E-state index contributed by atoms with van der Waals surface area (Å²) in [5, 5.41) is 0. The molecule has 1 unspecified atom stereocenters. The Balaban J connectivity index is 2.51. The fourth-order valence-corrected chi connectivity index (χ4v) is 2.08. The average Bonchev–Trinajstić information content (AvgIpc) is 2.15. The molecule has 1 saturated heterocycles. The van der Waals surface area contributed by atoms with Crippen LogP contribution in [0.15, 0.2) is 0 Å². The van der Waals surface area contributed by atoms with E-state index in [0.29, 0.717) is 5.92 Å². The minimum atomic E-state index is -0.327. The summed E-state index contributed by atoms with van der Waals surface area (Å²) in [6.07, 6.45) is 3.02. The Morgan fingerprint density at radius 2 is 2.14 bits per heavy atom. The molecule has 0 aromatic carbocycles. The second-order valence-corrected chi connectivity index (χ2v) is 4.05. The van der Waals surface area contributed by atoms with Gasteiger partial charge in [0.25, 0.3) is 0 Å². The number of amides is 1. The van der Waals surface area contributed by atoms with Crippen molar-refractivity contribution in [2.75, 3.05) is 20.1 Å². The maximum absolute atomic E-state index is 11.1. The van der Waals surface area contributed by atoms with Crippen LogP contribution in [0.3, 0.4) is 0 Å². The molecule has 0 aliphatic carbocycles. The standard InChI is InChI=1S/C10H18N2O2/c1-12-5-2-8(3-6-12)9(4-7-13)10(11)14/h7-9H,2-6H2,1H3,(H2,11,14). The lowest BCUT2D eigenvalue weighted by molar-refractivity contribution is -0.126. The molecule has 0 bridgehead atoms. The number of aldehydes is 1. The van der Waals surface area contributed by atoms with Gasteiger partial charge in [-0.05, 0) is 38.9 Å². The maximum Gasteiger partial charge on any atom is 0.221 e. The molecule has 0 saturated carbocycles. The lowest BCUT2D eigenvalue weighted by Gasteiger charge is -2.32. The van der Waals surface area contributed by atoms with Gasteiger partial charge in [0.15, 0.2) is 0 Å². The van der Waals surface area contributed by atoms with Crippen LogP contribution in [0.4, 0.5) is 0 Å². The number of carbonyl (C=O) groups is 2. The summed E-state index contributed by atoms with van der Waals surface area (Å²) in [6, 6.07) is 0. The van der Waals surface area contributed by atoms with Gasteiger partial charge in [-0.15, -0.1) is 0 Å². The topological polar surface area (TPSA) is 63.4 Å². The fourth-order valence-electron chi connectivity index (χ4n) is 2.08. The van der Waals surface area contributed by atoms with Crippen molar-refractivity contribution in [3.63, 3.8) is 0 Å². The van der Waals surface area contributed by atoms with E-state index in [4.69, 9.17) is 5.73 Å². The molecule has 4 heteroatoms. The van der Waals surface area contributed by atoms with Crippen molar-refractivity contribution in [2.24, 2.45) is 17.6 Å². The Hall–Kier alpha value is -0.900. The zero-order valence-electron chi connectivity index (χ0n) is 8.61. The van der Waals surface area contributed by atoms with Gasteiger partial charge in [0.05, 0.1) is 0 Å². The van der Waals surface area contributed by atoms with Crippen LogP contribution in [0, 0.1) is 11.8 Å². The Morgan fingerprint density at radius 1 is 1.57 bits per heavy atom. The van der Waals surface area contributed by atoms with E-state index in [0.717, 1.165) is 32.2 Å². The number of rotatable bonds is 4. The van der Waals surface area contributed by atoms with E-state index in [1.807, 2.05) is 0 Å². The minimum absolute atomic E-state index is 0.249. The summed E-state index contributed by atoms with van der Waals surface area (Å²) in [7, 11) is 2.06. The van der Waals surface area contributed by atoms with Gasteiger partial charge in [0, 0.05) is 12.3 Å². The molecule has 0 spiro atoms. The van der Waals surface area contributed by atoms with Crippen LogP contribution in [0.5, 0.6) is 0 Å². The van der Waals surface area contributed by atoms with Gasteiger partial charge in [-0.2, -0.15) is 0 Å². The number of primary amides is 1. The molecule has 1 aliphatic heterocycles. The first-order valence-corrected chi connectivity index (χ1v) is 5.06. The zero-order valence-corrected chi connectivity index (χ0v) is 8.61. The zero-order chi connectivity index (χ0) is 10.6. The number of nitrogens with two attached hydrogens (primary N) is 1. The first kappa shape index (κ1) is 11.2. The van der Waals surface area contributed by atoms with Crippen molar-refractivity contribution in [3.05, 3.63) is 0 Å². The van der Waals surface area contributed by atoms with E-state index in [9.17, 15) is 9.59 Å². The third-order valence-corrected chi connectivity index (χ3v) is 3.05. The number of carbonyl (C=O) groups excluding carboxylic acids is 2. The van der Waals surface area contributed by atoms with Crippen LogP contribution in [-0.4, -0.2) is 37.2 Å². The summed E-state index contributed by atoms with van der Waals surface area (Å²) in [4.78, 5) is 23.8. The molecule has 1 heterocycles. The van der Waals surface area contributed by atoms with Crippen LogP contribution in [0.25, 0.3) is 0 Å². The molecule has 80 valence electrons. The van der Waals surface area contributed by atoms with E-state index < -0.39 is 0 Å². The Bertz CT molecular complexity index is 210. The van der Waals surface area contributed by atoms with Crippen LogP contribution in [0.1, 0.15) is 19.3 Å². The third-order valence-electron chi connectivity index (χ3n) is 3.05. The number of likely N-dealkylation sites (tertiary alicyclic amines) is 1. The number of hydrogen-bond acceptors (Lipinski definition) is 3. The van der Waals surface area contributed by atoms with Crippen LogP contribution < -0.4 is 5.73 Å². The average molecular weight is 198 g/mol. The van der Waals surface area contributed by atoms with Crippen molar-refractivity contribution in [3.8, 4) is 0 Å². The molecular formula is C10H18N2O2. The monoisotopic (exact) mass is 198 g/mol. The minimum Gasteiger partial charge on any atom is -0.369 e. The van der Waals surface area contributed by atoms with Crippen molar-refractivity contribution in [1.82, 2.24) is 4.90 Å². The van der Waals surface area contributed by atoms with Crippen LogP contribution in [-0.2, 0) is 9.59 Å². The summed E-state index contributed by atoms with van der Waals surface area (Å²) >= 11 is 0. The van der Waals surface area contributed by atoms with E-state index >= 15 is 0 Å². The Morgan fingerprint density at radius 3 is 2.57 bits per heavy atom. The molecule has 14 heavy (non-hydrogen) atoms. The Kier molecular flexibility index (Phi) is 4.07. The summed E-state index contributed by atoms with van der Waals surface area (Å²) in [5.74, 6) is -0.276. The molecule has 1 amide bonds. The highest BCUT2D eigenvalue weighted by atomic mass is 16.1. The summed E-state index contributed by atoms with van der Waals surface area (Å²) in [5.41, 5.74) is 5.28. The van der Waals surface area contributed by atoms with E-state index in [1.165, 1.54) is 0 Å². The Labute approximate surface area is 84.4 Å². The van der Waals surface area contributed by atoms with Crippen molar-refractivity contribution in [1.29, 1.82) is 0 Å². The molecule has 0 aromatic rings. The van der Waals surface area contributed by atoms with E-state index in [1.54, 1.807) is 0 Å². The smallest absolute Gasteiger partial charge is 0.221 e. The molecule has 0 aromatic heterocycles. The molecule has 1 fully saturated rings. The van der Waals surface area contributed by atoms with Crippen molar-refractivity contribution < 1.29 is 9.59 Å². The van der Waals surface area contributed by atoms with Gasteiger partial charge in [0.1, 0.15) is 6.29 Å². The normalized spacial score (nSPS) is 21.8. The molecular weight excluding hydrogens is 180 g/mol. The first-order valence-electron chi connectivity index (χ1n) is 5.06. The lowest BCUT2D eigenvalue weighted by Crippen LogP contribution is -2.38. The third kappa shape index (κ3) is 2.80. The second-order valence-electron chi connectivity index (χ2n) is 4.05. The fraction of sp³-hybridized carbons (Fsp3) is 0.800. The van der Waals surface area contributed by atoms with Gasteiger partial charge < -0.3 is 15.4 Å².